The molecule has 0 aromatic heterocycles. The fourth-order valence-corrected chi connectivity index (χ4v) is 3.07. The summed E-state index contributed by atoms with van der Waals surface area (Å²) in [5.74, 6) is -0.546. The molecule has 0 saturated carbocycles. The lowest BCUT2D eigenvalue weighted by Crippen LogP contribution is -2.14. The maximum atomic E-state index is 12.4. The molecule has 0 saturated heterocycles. The van der Waals surface area contributed by atoms with E-state index < -0.39 is 16.0 Å². The van der Waals surface area contributed by atoms with Gasteiger partial charge in [-0.15, -0.1) is 0 Å². The van der Waals surface area contributed by atoms with Crippen LogP contribution in [0.15, 0.2) is 53.4 Å². The number of carbonyl (C=O) groups excluding carboxylic acids is 1. The Morgan fingerprint density at radius 1 is 1.14 bits per heavy atom. The average Bonchev–Trinajstić information content (AvgIpc) is 2.50. The van der Waals surface area contributed by atoms with Crippen LogP contribution in [0, 0.1) is 6.92 Å². The van der Waals surface area contributed by atoms with Gasteiger partial charge in [-0.2, -0.15) is 0 Å². The number of para-hydroxylation sites is 1. The predicted octanol–water partition coefficient (Wildman–Crippen LogP) is 2.97. The monoisotopic (exact) mass is 319 g/mol. The first-order valence-corrected chi connectivity index (χ1v) is 8.28. The molecule has 22 heavy (non-hydrogen) atoms. The normalized spacial score (nSPS) is 11.0. The van der Waals surface area contributed by atoms with Crippen LogP contribution >= 0.6 is 0 Å². The molecule has 0 heterocycles. The molecule has 0 atom stereocenters. The van der Waals surface area contributed by atoms with Crippen LogP contribution in [0.4, 0.5) is 5.69 Å². The van der Waals surface area contributed by atoms with Crippen LogP contribution in [0.2, 0.25) is 0 Å². The third-order valence-corrected chi connectivity index (χ3v) is 4.41. The smallest absolute Gasteiger partial charge is 0.338 e. The van der Waals surface area contributed by atoms with Crippen molar-refractivity contribution in [2.75, 3.05) is 11.3 Å². The highest BCUT2D eigenvalue weighted by atomic mass is 32.2. The fourth-order valence-electron chi connectivity index (χ4n) is 1.90. The van der Waals surface area contributed by atoms with Crippen molar-refractivity contribution in [2.45, 2.75) is 18.7 Å². The molecule has 2 aromatic carbocycles. The van der Waals surface area contributed by atoms with Gasteiger partial charge in [-0.1, -0.05) is 24.3 Å². The average molecular weight is 319 g/mol. The van der Waals surface area contributed by atoms with Crippen molar-refractivity contribution in [3.8, 4) is 0 Å². The van der Waals surface area contributed by atoms with Crippen molar-refractivity contribution in [3.05, 3.63) is 59.7 Å². The molecule has 0 aliphatic rings. The molecule has 0 aliphatic carbocycles. The molecule has 5 nitrogen and oxygen atoms in total. The lowest BCUT2D eigenvalue weighted by Gasteiger charge is -2.11. The zero-order valence-electron chi connectivity index (χ0n) is 12.4. The third kappa shape index (κ3) is 3.65. The molecule has 116 valence electrons. The second-order valence-corrected chi connectivity index (χ2v) is 6.35. The summed E-state index contributed by atoms with van der Waals surface area (Å²) in [5.41, 5.74) is 1.52. The number of benzene rings is 2. The first kappa shape index (κ1) is 16.0. The second-order valence-electron chi connectivity index (χ2n) is 4.67. The van der Waals surface area contributed by atoms with Crippen molar-refractivity contribution in [3.63, 3.8) is 0 Å². The molecule has 0 spiro atoms. The number of nitrogens with one attached hydrogen (secondary N) is 1. The van der Waals surface area contributed by atoms with E-state index in [1.54, 1.807) is 19.1 Å². The van der Waals surface area contributed by atoms with Crippen LogP contribution in [0.3, 0.4) is 0 Å². The second kappa shape index (κ2) is 6.62. The quantitative estimate of drug-likeness (QED) is 0.860. The van der Waals surface area contributed by atoms with Gasteiger partial charge >= 0.3 is 5.97 Å². The van der Waals surface area contributed by atoms with Crippen LogP contribution in [0.1, 0.15) is 22.8 Å². The minimum Gasteiger partial charge on any atom is -0.462 e. The minimum atomic E-state index is -3.76. The summed E-state index contributed by atoms with van der Waals surface area (Å²) < 4.78 is 32.2. The number of sulfonamides is 1. The molecule has 2 aromatic rings. The van der Waals surface area contributed by atoms with Crippen molar-refractivity contribution < 1.29 is 17.9 Å². The summed E-state index contributed by atoms with van der Waals surface area (Å²) in [6, 6.07) is 12.8. The van der Waals surface area contributed by atoms with Gasteiger partial charge in [-0.25, -0.2) is 13.2 Å². The number of rotatable bonds is 5. The highest BCUT2D eigenvalue weighted by molar-refractivity contribution is 7.92. The maximum absolute atomic E-state index is 12.4. The van der Waals surface area contributed by atoms with Crippen molar-refractivity contribution in [2.24, 2.45) is 0 Å². The lowest BCUT2D eigenvalue weighted by molar-refractivity contribution is 0.0526. The van der Waals surface area contributed by atoms with Gasteiger partial charge in [0.25, 0.3) is 10.0 Å². The molecule has 0 bridgehead atoms. The molecule has 0 radical (unpaired) electrons. The van der Waals surface area contributed by atoms with Gasteiger partial charge in [0, 0.05) is 0 Å². The minimum absolute atomic E-state index is 0.0151. The molecule has 2 rings (SSSR count). The van der Waals surface area contributed by atoms with Crippen LogP contribution in [0.25, 0.3) is 0 Å². The Morgan fingerprint density at radius 2 is 1.86 bits per heavy atom. The van der Waals surface area contributed by atoms with Gasteiger partial charge in [0.15, 0.2) is 0 Å². The van der Waals surface area contributed by atoms with E-state index in [1.165, 1.54) is 24.3 Å². The SMILES string of the molecule is CCOC(=O)c1cccc(S(=O)(=O)Nc2ccccc2C)c1. The number of ether oxygens (including phenoxy) is 1. The van der Waals surface area contributed by atoms with E-state index in [4.69, 9.17) is 4.74 Å². The number of hydrogen-bond donors (Lipinski definition) is 1. The van der Waals surface area contributed by atoms with Gasteiger partial charge in [0.05, 0.1) is 22.8 Å². The molecule has 0 unspecified atom stereocenters. The topological polar surface area (TPSA) is 72.5 Å². The van der Waals surface area contributed by atoms with Crippen LogP contribution < -0.4 is 4.72 Å². The van der Waals surface area contributed by atoms with E-state index >= 15 is 0 Å². The highest BCUT2D eigenvalue weighted by Crippen LogP contribution is 2.20. The number of anilines is 1. The molecular weight excluding hydrogens is 302 g/mol. The molecule has 0 aliphatic heterocycles. The number of hydrogen-bond acceptors (Lipinski definition) is 4. The van der Waals surface area contributed by atoms with E-state index in [2.05, 4.69) is 4.72 Å². The Hall–Kier alpha value is -2.34. The van der Waals surface area contributed by atoms with E-state index in [9.17, 15) is 13.2 Å². The molecular formula is C16H17NO4S. The summed E-state index contributed by atoms with van der Waals surface area (Å²) in [4.78, 5) is 11.7. The summed E-state index contributed by atoms with van der Waals surface area (Å²) in [6.45, 7) is 3.74. The van der Waals surface area contributed by atoms with Crippen LogP contribution in [-0.4, -0.2) is 21.0 Å². The van der Waals surface area contributed by atoms with Crippen LogP contribution in [-0.2, 0) is 14.8 Å². The molecule has 6 heteroatoms. The summed E-state index contributed by atoms with van der Waals surface area (Å²) >= 11 is 0. The number of esters is 1. The maximum Gasteiger partial charge on any atom is 0.338 e. The van der Waals surface area contributed by atoms with Crippen molar-refractivity contribution in [1.82, 2.24) is 0 Å². The van der Waals surface area contributed by atoms with Gasteiger partial charge in [-0.05, 0) is 43.7 Å². The Labute approximate surface area is 130 Å². The fraction of sp³-hybridized carbons (Fsp3) is 0.188. The van der Waals surface area contributed by atoms with E-state index in [0.29, 0.717) is 5.69 Å². The standard InChI is InChI=1S/C16H17NO4S/c1-3-21-16(18)13-8-6-9-14(11-13)22(19,20)17-15-10-5-4-7-12(15)2/h4-11,17H,3H2,1-2H3. The van der Waals surface area contributed by atoms with Crippen LogP contribution in [0.5, 0.6) is 0 Å². The van der Waals surface area contributed by atoms with Gasteiger partial charge < -0.3 is 4.74 Å². The summed E-state index contributed by atoms with van der Waals surface area (Å²) in [7, 11) is -3.76. The lowest BCUT2D eigenvalue weighted by atomic mass is 10.2. The van der Waals surface area contributed by atoms with Gasteiger partial charge in [0.2, 0.25) is 0 Å². The summed E-state index contributed by atoms with van der Waals surface area (Å²) in [5, 5.41) is 0. The molecule has 0 amide bonds. The Morgan fingerprint density at radius 3 is 2.55 bits per heavy atom. The molecule has 0 fully saturated rings. The molecule has 1 N–H and O–H groups in total. The Kier molecular flexibility index (Phi) is 4.82. The van der Waals surface area contributed by atoms with E-state index in [0.717, 1.165) is 5.56 Å². The highest BCUT2D eigenvalue weighted by Gasteiger charge is 2.17. The largest absolute Gasteiger partial charge is 0.462 e. The third-order valence-electron chi connectivity index (χ3n) is 3.04. The van der Waals surface area contributed by atoms with Gasteiger partial charge in [0.1, 0.15) is 0 Å². The summed E-state index contributed by atoms with van der Waals surface area (Å²) in [6.07, 6.45) is 0. The van der Waals surface area contributed by atoms with E-state index in [1.807, 2.05) is 19.1 Å². The van der Waals surface area contributed by atoms with E-state index in [-0.39, 0.29) is 17.1 Å². The van der Waals surface area contributed by atoms with Crippen molar-refractivity contribution in [1.29, 1.82) is 0 Å². The van der Waals surface area contributed by atoms with Crippen molar-refractivity contribution >= 4 is 21.7 Å². The Balaban J connectivity index is 2.32. The first-order chi connectivity index (χ1) is 10.4. The number of carbonyl (C=O) groups is 1. The number of aryl methyl sites for hydroxylation is 1. The Bertz CT molecular complexity index is 784. The zero-order chi connectivity index (χ0) is 16.2. The zero-order valence-corrected chi connectivity index (χ0v) is 13.2. The predicted molar refractivity (Wildman–Crippen MR) is 84.4 cm³/mol. The van der Waals surface area contributed by atoms with Gasteiger partial charge in [-0.3, -0.25) is 4.72 Å². The first-order valence-electron chi connectivity index (χ1n) is 6.79.